The van der Waals surface area contributed by atoms with Gasteiger partial charge in [-0.15, -0.1) is 11.3 Å². The van der Waals surface area contributed by atoms with Crippen molar-refractivity contribution in [1.29, 1.82) is 5.26 Å². The van der Waals surface area contributed by atoms with Crippen molar-refractivity contribution < 1.29 is 4.74 Å². The van der Waals surface area contributed by atoms with E-state index in [1.807, 2.05) is 6.92 Å². The smallest absolute Gasteiger partial charge is 0.112 e. The predicted octanol–water partition coefficient (Wildman–Crippen LogP) is 2.13. The Balaban J connectivity index is 1.99. The van der Waals surface area contributed by atoms with Gasteiger partial charge in [0.25, 0.3) is 0 Å². The van der Waals surface area contributed by atoms with Gasteiger partial charge >= 0.3 is 0 Å². The Bertz CT molecular complexity index is 399. The molecular weight excluding hydrogens is 234 g/mol. The molecule has 17 heavy (non-hydrogen) atoms. The fourth-order valence-electron chi connectivity index (χ4n) is 2.02. The van der Waals surface area contributed by atoms with Crippen LogP contribution in [0, 0.1) is 18.3 Å². The zero-order chi connectivity index (χ0) is 12.1. The standard InChI is InChI=1S/C12H17N3OS/c1-10-9-17-12(14-10)11-8-16-7-6-15(11)5-3-2-4-13/h9,11H,2-3,5-8H2,1H3/t11-/m0/s1. The van der Waals surface area contributed by atoms with E-state index in [0.29, 0.717) is 6.42 Å². The average molecular weight is 251 g/mol. The average Bonchev–Trinajstić information content (AvgIpc) is 2.77. The number of ether oxygens (including phenoxy) is 1. The van der Waals surface area contributed by atoms with Gasteiger partial charge < -0.3 is 4.74 Å². The minimum Gasteiger partial charge on any atom is -0.378 e. The molecule has 1 saturated heterocycles. The van der Waals surface area contributed by atoms with Crippen molar-refractivity contribution in [2.75, 3.05) is 26.3 Å². The molecule has 2 heterocycles. The number of morpholine rings is 1. The highest BCUT2D eigenvalue weighted by Gasteiger charge is 2.26. The summed E-state index contributed by atoms with van der Waals surface area (Å²) in [5, 5.41) is 11.8. The lowest BCUT2D eigenvalue weighted by atomic mass is 10.2. The molecule has 0 aromatic carbocycles. The predicted molar refractivity (Wildman–Crippen MR) is 66.8 cm³/mol. The highest BCUT2D eigenvalue weighted by atomic mass is 32.1. The Kier molecular flexibility index (Phi) is 4.49. The molecule has 0 radical (unpaired) electrons. The molecule has 0 saturated carbocycles. The second-order valence-corrected chi connectivity index (χ2v) is 5.11. The van der Waals surface area contributed by atoms with Gasteiger partial charge in [0.1, 0.15) is 5.01 Å². The minimum absolute atomic E-state index is 0.279. The van der Waals surface area contributed by atoms with Crippen LogP contribution in [0.15, 0.2) is 5.38 Å². The summed E-state index contributed by atoms with van der Waals surface area (Å²) in [6, 6.07) is 2.47. The quantitative estimate of drug-likeness (QED) is 0.769. The van der Waals surface area contributed by atoms with E-state index in [-0.39, 0.29) is 6.04 Å². The van der Waals surface area contributed by atoms with Gasteiger partial charge in [-0.05, 0) is 19.9 Å². The molecule has 92 valence electrons. The number of nitrogens with zero attached hydrogens (tertiary/aromatic N) is 3. The number of aromatic nitrogens is 1. The van der Waals surface area contributed by atoms with E-state index in [2.05, 4.69) is 21.3 Å². The minimum atomic E-state index is 0.279. The zero-order valence-corrected chi connectivity index (χ0v) is 10.9. The van der Waals surface area contributed by atoms with Crippen LogP contribution >= 0.6 is 11.3 Å². The first-order valence-electron chi connectivity index (χ1n) is 5.92. The van der Waals surface area contributed by atoms with Crippen molar-refractivity contribution in [3.05, 3.63) is 16.1 Å². The fraction of sp³-hybridized carbons (Fsp3) is 0.667. The summed E-state index contributed by atoms with van der Waals surface area (Å²) in [4.78, 5) is 6.93. The van der Waals surface area contributed by atoms with Crippen LogP contribution in [0.3, 0.4) is 0 Å². The molecule has 0 N–H and O–H groups in total. The number of thiazole rings is 1. The first-order chi connectivity index (χ1) is 8.31. The third-order valence-corrected chi connectivity index (χ3v) is 3.96. The molecule has 1 aromatic rings. The van der Waals surface area contributed by atoms with Crippen LogP contribution in [0.2, 0.25) is 0 Å². The van der Waals surface area contributed by atoms with Gasteiger partial charge in [-0.1, -0.05) is 0 Å². The monoisotopic (exact) mass is 251 g/mol. The Labute approximate surface area is 106 Å². The van der Waals surface area contributed by atoms with Crippen molar-refractivity contribution in [3.8, 4) is 6.07 Å². The molecule has 1 aliphatic heterocycles. The van der Waals surface area contributed by atoms with E-state index in [1.165, 1.54) is 0 Å². The second kappa shape index (κ2) is 6.10. The maximum Gasteiger partial charge on any atom is 0.112 e. The number of hydrogen-bond donors (Lipinski definition) is 0. The van der Waals surface area contributed by atoms with Crippen LogP contribution in [-0.2, 0) is 4.74 Å². The third-order valence-electron chi connectivity index (χ3n) is 2.90. The summed E-state index contributed by atoms with van der Waals surface area (Å²) in [6.07, 6.45) is 1.55. The molecule has 1 atom stereocenters. The molecule has 1 aliphatic rings. The molecule has 4 nitrogen and oxygen atoms in total. The van der Waals surface area contributed by atoms with Gasteiger partial charge in [0.2, 0.25) is 0 Å². The molecule has 1 fully saturated rings. The molecule has 0 bridgehead atoms. The molecule has 0 unspecified atom stereocenters. The van der Waals surface area contributed by atoms with Crippen LogP contribution in [-0.4, -0.2) is 36.2 Å². The van der Waals surface area contributed by atoms with E-state index in [4.69, 9.17) is 10.00 Å². The van der Waals surface area contributed by atoms with Crippen LogP contribution < -0.4 is 0 Å². The van der Waals surface area contributed by atoms with Gasteiger partial charge in [-0.2, -0.15) is 5.26 Å². The van der Waals surface area contributed by atoms with Crippen LogP contribution in [0.5, 0.6) is 0 Å². The Morgan fingerprint density at radius 2 is 2.59 bits per heavy atom. The number of nitriles is 1. The highest BCUT2D eigenvalue weighted by molar-refractivity contribution is 7.09. The first kappa shape index (κ1) is 12.5. The molecule has 1 aromatic heterocycles. The van der Waals surface area contributed by atoms with Gasteiger partial charge in [-0.25, -0.2) is 4.98 Å². The van der Waals surface area contributed by atoms with E-state index in [1.54, 1.807) is 11.3 Å². The van der Waals surface area contributed by atoms with E-state index >= 15 is 0 Å². The number of rotatable bonds is 4. The molecule has 5 heteroatoms. The SMILES string of the molecule is Cc1csc([C@@H]2COCCN2CCCC#N)n1. The lowest BCUT2D eigenvalue weighted by molar-refractivity contribution is -0.00878. The van der Waals surface area contributed by atoms with Crippen LogP contribution in [0.1, 0.15) is 29.6 Å². The second-order valence-electron chi connectivity index (χ2n) is 4.22. The van der Waals surface area contributed by atoms with E-state index < -0.39 is 0 Å². The van der Waals surface area contributed by atoms with Gasteiger partial charge in [0.05, 0.1) is 25.3 Å². The number of unbranched alkanes of at least 4 members (excludes halogenated alkanes) is 1. The van der Waals surface area contributed by atoms with Crippen molar-refractivity contribution in [3.63, 3.8) is 0 Å². The van der Waals surface area contributed by atoms with Crippen molar-refractivity contribution >= 4 is 11.3 Å². The fourth-order valence-corrected chi connectivity index (χ4v) is 2.93. The lowest BCUT2D eigenvalue weighted by Gasteiger charge is -2.34. The normalized spacial score (nSPS) is 21.3. The van der Waals surface area contributed by atoms with Crippen LogP contribution in [0.25, 0.3) is 0 Å². The summed E-state index contributed by atoms with van der Waals surface area (Å²) >= 11 is 1.70. The molecule has 2 rings (SSSR count). The molecule has 0 spiro atoms. The lowest BCUT2D eigenvalue weighted by Crippen LogP contribution is -2.40. The zero-order valence-electron chi connectivity index (χ0n) is 10.1. The first-order valence-corrected chi connectivity index (χ1v) is 6.80. The summed E-state index contributed by atoms with van der Waals surface area (Å²) in [7, 11) is 0. The Hall–Kier alpha value is -0.960. The molecule has 0 aliphatic carbocycles. The maximum absolute atomic E-state index is 8.58. The Morgan fingerprint density at radius 3 is 3.29 bits per heavy atom. The summed E-state index contributed by atoms with van der Waals surface area (Å²) < 4.78 is 5.54. The summed E-state index contributed by atoms with van der Waals surface area (Å²) in [6.45, 7) is 5.42. The van der Waals surface area contributed by atoms with E-state index in [9.17, 15) is 0 Å². The third kappa shape index (κ3) is 3.25. The van der Waals surface area contributed by atoms with Gasteiger partial charge in [0.15, 0.2) is 0 Å². The Morgan fingerprint density at radius 1 is 1.71 bits per heavy atom. The molecular formula is C12H17N3OS. The largest absolute Gasteiger partial charge is 0.378 e. The van der Waals surface area contributed by atoms with Crippen molar-refractivity contribution in [2.24, 2.45) is 0 Å². The molecule has 0 amide bonds. The number of hydrogen-bond acceptors (Lipinski definition) is 5. The highest BCUT2D eigenvalue weighted by Crippen LogP contribution is 2.26. The van der Waals surface area contributed by atoms with Crippen molar-refractivity contribution in [1.82, 2.24) is 9.88 Å². The van der Waals surface area contributed by atoms with Gasteiger partial charge in [0, 0.05) is 24.0 Å². The summed E-state index contributed by atoms with van der Waals surface area (Å²) in [5.41, 5.74) is 1.08. The summed E-state index contributed by atoms with van der Waals surface area (Å²) in [5.74, 6) is 0. The van der Waals surface area contributed by atoms with Crippen molar-refractivity contribution in [2.45, 2.75) is 25.8 Å². The topological polar surface area (TPSA) is 49.1 Å². The van der Waals surface area contributed by atoms with E-state index in [0.717, 1.165) is 43.4 Å². The number of aryl methyl sites for hydroxylation is 1. The van der Waals surface area contributed by atoms with Crippen LogP contribution in [0.4, 0.5) is 0 Å². The van der Waals surface area contributed by atoms with Gasteiger partial charge in [-0.3, -0.25) is 4.90 Å². The maximum atomic E-state index is 8.58.